The lowest BCUT2D eigenvalue weighted by Gasteiger charge is -2.22. The molecule has 0 spiro atoms. The minimum absolute atomic E-state index is 0.0516. The van der Waals surface area contributed by atoms with Crippen LogP contribution < -0.4 is 5.32 Å². The molecule has 1 heterocycles. The van der Waals surface area contributed by atoms with Gasteiger partial charge in [-0.1, -0.05) is 30.3 Å². The van der Waals surface area contributed by atoms with Crippen LogP contribution in [0.1, 0.15) is 12.5 Å². The lowest BCUT2D eigenvalue weighted by atomic mass is 9.99. The quantitative estimate of drug-likeness (QED) is 0.808. The van der Waals surface area contributed by atoms with Gasteiger partial charge in [0.25, 0.3) is 0 Å². The number of carbonyl (C=O) groups is 3. The van der Waals surface area contributed by atoms with E-state index in [2.05, 4.69) is 5.32 Å². The van der Waals surface area contributed by atoms with Crippen LogP contribution in [-0.4, -0.2) is 52.0 Å². The highest BCUT2D eigenvalue weighted by Gasteiger charge is 2.33. The number of nitrogens with one attached hydrogen (secondary N) is 1. The van der Waals surface area contributed by atoms with E-state index in [1.165, 1.54) is 23.6 Å². The number of thioether (sulfide) groups is 1. The van der Waals surface area contributed by atoms with Crippen LogP contribution in [0.25, 0.3) is 0 Å². The Balaban J connectivity index is 1.92. The zero-order chi connectivity index (χ0) is 16.8. The zero-order valence-electron chi connectivity index (χ0n) is 12.9. The summed E-state index contributed by atoms with van der Waals surface area (Å²) in [5.74, 6) is -1.03. The number of hydrogen-bond donors (Lipinski definition) is 2. The highest BCUT2D eigenvalue weighted by atomic mass is 32.2. The van der Waals surface area contributed by atoms with E-state index < -0.39 is 17.9 Å². The van der Waals surface area contributed by atoms with E-state index in [0.29, 0.717) is 18.1 Å². The molecule has 0 saturated carbocycles. The number of nitrogens with zero attached hydrogens (tertiary/aromatic N) is 1. The minimum atomic E-state index is -0.946. The summed E-state index contributed by atoms with van der Waals surface area (Å²) in [6, 6.07) is 8.80. The number of aliphatic carboxylic acids is 1. The third-order valence-corrected chi connectivity index (χ3v) is 4.80. The number of carbonyl (C=O) groups excluding carboxylic acids is 2. The maximum atomic E-state index is 12.2. The highest BCUT2D eigenvalue weighted by Crippen LogP contribution is 2.21. The molecular weight excluding hydrogens is 316 g/mol. The molecule has 0 aliphatic carbocycles. The summed E-state index contributed by atoms with van der Waals surface area (Å²) < 4.78 is 0. The molecule has 2 atom stereocenters. The summed E-state index contributed by atoms with van der Waals surface area (Å²) in [5, 5.41) is 12.0. The normalized spacial score (nSPS) is 18.5. The van der Waals surface area contributed by atoms with Crippen LogP contribution in [0.4, 0.5) is 0 Å². The van der Waals surface area contributed by atoms with E-state index in [-0.39, 0.29) is 18.4 Å². The molecule has 2 rings (SSSR count). The van der Waals surface area contributed by atoms with Gasteiger partial charge >= 0.3 is 5.97 Å². The minimum Gasteiger partial charge on any atom is -0.481 e. The SMILES string of the molecule is CC(=O)N1CSC[C@@H]1C(=O)NC[C@@H](Cc1ccccc1)C(=O)O. The molecule has 1 saturated heterocycles. The number of hydrogen-bond acceptors (Lipinski definition) is 4. The lowest BCUT2D eigenvalue weighted by molar-refractivity contribution is -0.142. The van der Waals surface area contributed by atoms with Crippen LogP contribution in [0.2, 0.25) is 0 Å². The third kappa shape index (κ3) is 4.72. The fourth-order valence-corrected chi connectivity index (χ4v) is 3.68. The van der Waals surface area contributed by atoms with Gasteiger partial charge in [-0.3, -0.25) is 14.4 Å². The number of benzene rings is 1. The van der Waals surface area contributed by atoms with Gasteiger partial charge < -0.3 is 15.3 Å². The molecule has 1 aromatic rings. The van der Waals surface area contributed by atoms with Crippen molar-refractivity contribution in [1.82, 2.24) is 10.2 Å². The Labute approximate surface area is 139 Å². The van der Waals surface area contributed by atoms with Crippen molar-refractivity contribution in [3.8, 4) is 0 Å². The Kier molecular flexibility index (Phi) is 6.04. The first-order valence-electron chi connectivity index (χ1n) is 7.38. The number of carboxylic acids is 1. The fourth-order valence-electron chi connectivity index (χ4n) is 2.46. The van der Waals surface area contributed by atoms with Gasteiger partial charge in [-0.05, 0) is 12.0 Å². The van der Waals surface area contributed by atoms with Gasteiger partial charge in [0.05, 0.1) is 11.8 Å². The van der Waals surface area contributed by atoms with Crippen LogP contribution in [0, 0.1) is 5.92 Å². The maximum Gasteiger partial charge on any atom is 0.308 e. The van der Waals surface area contributed by atoms with Crippen LogP contribution >= 0.6 is 11.8 Å². The first-order chi connectivity index (χ1) is 11.0. The summed E-state index contributed by atoms with van der Waals surface area (Å²) in [7, 11) is 0. The van der Waals surface area contributed by atoms with E-state index in [4.69, 9.17) is 0 Å². The number of rotatable bonds is 6. The second-order valence-electron chi connectivity index (χ2n) is 5.47. The molecule has 1 aliphatic rings. The Morgan fingerprint density at radius 1 is 1.35 bits per heavy atom. The molecule has 2 amide bonds. The molecule has 0 unspecified atom stereocenters. The molecule has 0 aromatic heterocycles. The average molecular weight is 336 g/mol. The first kappa shape index (κ1) is 17.3. The Morgan fingerprint density at radius 3 is 2.65 bits per heavy atom. The van der Waals surface area contributed by atoms with Gasteiger partial charge in [0.15, 0.2) is 0 Å². The topological polar surface area (TPSA) is 86.7 Å². The Hall–Kier alpha value is -2.02. The van der Waals surface area contributed by atoms with Gasteiger partial charge in [-0.2, -0.15) is 0 Å². The van der Waals surface area contributed by atoms with Crippen molar-refractivity contribution in [2.75, 3.05) is 18.2 Å². The predicted molar refractivity (Wildman–Crippen MR) is 87.9 cm³/mol. The largest absolute Gasteiger partial charge is 0.481 e. The van der Waals surface area contributed by atoms with Crippen molar-refractivity contribution in [3.63, 3.8) is 0 Å². The summed E-state index contributed by atoms with van der Waals surface area (Å²) in [6.45, 7) is 1.48. The van der Waals surface area contributed by atoms with Crippen LogP contribution in [0.15, 0.2) is 30.3 Å². The number of amides is 2. The van der Waals surface area contributed by atoms with E-state index in [0.717, 1.165) is 5.56 Å². The smallest absolute Gasteiger partial charge is 0.308 e. The van der Waals surface area contributed by atoms with Crippen molar-refractivity contribution < 1.29 is 19.5 Å². The average Bonchev–Trinajstić information content (AvgIpc) is 3.01. The van der Waals surface area contributed by atoms with Crippen molar-refractivity contribution >= 4 is 29.5 Å². The summed E-state index contributed by atoms with van der Waals surface area (Å²) in [4.78, 5) is 36.6. The fraction of sp³-hybridized carbons (Fsp3) is 0.438. The second kappa shape index (κ2) is 8.01. The van der Waals surface area contributed by atoms with Gasteiger partial charge in [-0.25, -0.2) is 0 Å². The molecule has 124 valence electrons. The number of carboxylic acid groups (broad SMARTS) is 1. The van der Waals surface area contributed by atoms with Crippen molar-refractivity contribution in [3.05, 3.63) is 35.9 Å². The van der Waals surface area contributed by atoms with Gasteiger partial charge in [0, 0.05) is 19.2 Å². The standard InChI is InChI=1S/C16H20N2O4S/c1-11(19)18-10-23-9-14(18)15(20)17-8-13(16(21)22)7-12-5-3-2-4-6-12/h2-6,13-14H,7-10H2,1H3,(H,17,20)(H,21,22)/t13-,14-/m1/s1. The molecule has 23 heavy (non-hydrogen) atoms. The third-order valence-electron chi connectivity index (χ3n) is 3.79. The molecule has 0 bridgehead atoms. The lowest BCUT2D eigenvalue weighted by Crippen LogP contribution is -2.48. The Morgan fingerprint density at radius 2 is 2.04 bits per heavy atom. The molecule has 1 aliphatic heterocycles. The van der Waals surface area contributed by atoms with Crippen molar-refractivity contribution in [2.45, 2.75) is 19.4 Å². The first-order valence-corrected chi connectivity index (χ1v) is 8.54. The molecule has 6 nitrogen and oxygen atoms in total. The van der Waals surface area contributed by atoms with E-state index >= 15 is 0 Å². The van der Waals surface area contributed by atoms with Crippen molar-refractivity contribution in [1.29, 1.82) is 0 Å². The highest BCUT2D eigenvalue weighted by molar-refractivity contribution is 7.99. The molecule has 1 fully saturated rings. The van der Waals surface area contributed by atoms with E-state index in [9.17, 15) is 19.5 Å². The second-order valence-corrected chi connectivity index (χ2v) is 6.47. The molecule has 1 aromatic carbocycles. The summed E-state index contributed by atoms with van der Waals surface area (Å²) >= 11 is 1.52. The van der Waals surface area contributed by atoms with Crippen molar-refractivity contribution in [2.24, 2.45) is 5.92 Å². The summed E-state index contributed by atoms with van der Waals surface area (Å²) in [5.41, 5.74) is 0.913. The van der Waals surface area contributed by atoms with Gasteiger partial charge in [-0.15, -0.1) is 11.8 Å². The van der Waals surface area contributed by atoms with E-state index in [1.807, 2.05) is 30.3 Å². The van der Waals surface area contributed by atoms with Crippen LogP contribution in [0.3, 0.4) is 0 Å². The van der Waals surface area contributed by atoms with Crippen LogP contribution in [0.5, 0.6) is 0 Å². The van der Waals surface area contributed by atoms with Gasteiger partial charge in [0.1, 0.15) is 6.04 Å². The molecule has 2 N–H and O–H groups in total. The molecule has 7 heteroatoms. The predicted octanol–water partition coefficient (Wildman–Crippen LogP) is 0.967. The Bertz CT molecular complexity index is 579. The molecular formula is C16H20N2O4S. The summed E-state index contributed by atoms with van der Waals surface area (Å²) in [6.07, 6.45) is 0.353. The zero-order valence-corrected chi connectivity index (χ0v) is 13.7. The van der Waals surface area contributed by atoms with Gasteiger partial charge in [0.2, 0.25) is 11.8 Å². The van der Waals surface area contributed by atoms with E-state index in [1.54, 1.807) is 0 Å². The monoisotopic (exact) mass is 336 g/mol. The molecule has 0 radical (unpaired) electrons. The van der Waals surface area contributed by atoms with Crippen LogP contribution in [-0.2, 0) is 20.8 Å². The maximum absolute atomic E-state index is 12.2.